The predicted octanol–water partition coefficient (Wildman–Crippen LogP) is 2.00. The molecule has 0 aromatic carbocycles. The Hall–Kier alpha value is 0.714. The summed E-state index contributed by atoms with van der Waals surface area (Å²) in [6, 6.07) is 0. The summed E-state index contributed by atoms with van der Waals surface area (Å²) in [6.45, 7) is 6.73. The average molecular weight is 119 g/mol. The van der Waals surface area contributed by atoms with Crippen molar-refractivity contribution >= 4 is 0 Å². The van der Waals surface area contributed by atoms with E-state index >= 15 is 0 Å². The first-order chi connectivity index (χ1) is 2.56. The molecule has 0 amide bonds. The van der Waals surface area contributed by atoms with E-state index < -0.39 is 0 Å². The molecule has 0 heterocycles. The Kier molecular flexibility index (Phi) is 2.39. The standard InChI is InChI=1S/C5H11.Ti/c1-5(2,3)4;/h1H2,2-4H3;. The molecule has 0 atom stereocenters. The third kappa shape index (κ3) is 4.71. The molecule has 35 valence electrons. The Morgan fingerprint density at radius 1 is 1.33 bits per heavy atom. The summed E-state index contributed by atoms with van der Waals surface area (Å²) in [5, 5.41) is 0. The van der Waals surface area contributed by atoms with Gasteiger partial charge in [0.25, 0.3) is 0 Å². The van der Waals surface area contributed by atoms with Crippen molar-refractivity contribution in [3.05, 3.63) is 0 Å². The average Bonchev–Trinajstić information content (AvgIpc) is 1.35. The Balaban J connectivity index is 3.17. The van der Waals surface area contributed by atoms with Crippen LogP contribution in [0.25, 0.3) is 0 Å². The van der Waals surface area contributed by atoms with E-state index in [0.29, 0.717) is 5.41 Å². The van der Waals surface area contributed by atoms with Gasteiger partial charge in [-0.05, 0) is 0 Å². The second kappa shape index (κ2) is 2.13. The van der Waals surface area contributed by atoms with Crippen molar-refractivity contribution in [2.75, 3.05) is 0 Å². The predicted molar refractivity (Wildman–Crippen MR) is 24.3 cm³/mol. The van der Waals surface area contributed by atoms with Crippen LogP contribution in [0.1, 0.15) is 20.8 Å². The van der Waals surface area contributed by atoms with Crippen molar-refractivity contribution in [1.82, 2.24) is 0 Å². The first-order valence-electron chi connectivity index (χ1n) is 2.21. The Bertz CT molecular complexity index is 33.7. The zero-order chi connectivity index (χ0) is 5.21. The van der Waals surface area contributed by atoms with E-state index in [2.05, 4.69) is 41.2 Å². The molecule has 0 radical (unpaired) electrons. The van der Waals surface area contributed by atoms with Crippen molar-refractivity contribution in [2.45, 2.75) is 25.5 Å². The molecule has 1 heteroatoms. The van der Waals surface area contributed by atoms with Crippen LogP contribution < -0.4 is 0 Å². The van der Waals surface area contributed by atoms with E-state index in [1.807, 2.05) is 0 Å². The monoisotopic (exact) mass is 119 g/mol. The minimum atomic E-state index is 0.542. The molecule has 0 saturated heterocycles. The summed E-state index contributed by atoms with van der Waals surface area (Å²) in [5.74, 6) is 0. The fraction of sp³-hybridized carbons (Fsp3) is 1.00. The first kappa shape index (κ1) is 6.71. The summed E-state index contributed by atoms with van der Waals surface area (Å²) in [6.07, 6.45) is 0. The fourth-order valence-electron chi connectivity index (χ4n) is 0. The van der Waals surface area contributed by atoms with Crippen molar-refractivity contribution in [3.8, 4) is 0 Å². The molecule has 0 N–H and O–H groups in total. The van der Waals surface area contributed by atoms with E-state index in [-0.39, 0.29) is 0 Å². The zero-order valence-corrected chi connectivity index (χ0v) is 6.27. The van der Waals surface area contributed by atoms with Crippen molar-refractivity contribution in [2.24, 2.45) is 5.41 Å². The summed E-state index contributed by atoms with van der Waals surface area (Å²) in [5.41, 5.74) is 0.542. The van der Waals surface area contributed by atoms with Gasteiger partial charge in [0.1, 0.15) is 0 Å². The molecule has 0 bridgehead atoms. The van der Waals surface area contributed by atoms with Gasteiger partial charge in [0.15, 0.2) is 0 Å². The van der Waals surface area contributed by atoms with Gasteiger partial charge in [-0.3, -0.25) is 0 Å². The zero-order valence-electron chi connectivity index (χ0n) is 4.71. The fourth-order valence-corrected chi connectivity index (χ4v) is 0. The van der Waals surface area contributed by atoms with Gasteiger partial charge in [-0.1, -0.05) is 0 Å². The minimum absolute atomic E-state index is 0.542. The van der Waals surface area contributed by atoms with Crippen LogP contribution in [0.2, 0.25) is 4.73 Å². The van der Waals surface area contributed by atoms with E-state index in [0.717, 1.165) is 0 Å². The van der Waals surface area contributed by atoms with Gasteiger partial charge in [0.05, 0.1) is 0 Å². The van der Waals surface area contributed by atoms with Crippen LogP contribution in [0.5, 0.6) is 0 Å². The summed E-state index contributed by atoms with van der Waals surface area (Å²) < 4.78 is 1.27. The topological polar surface area (TPSA) is 0 Å². The molecule has 0 aliphatic rings. The van der Waals surface area contributed by atoms with E-state index in [1.54, 1.807) is 0 Å². The van der Waals surface area contributed by atoms with Crippen molar-refractivity contribution in [1.29, 1.82) is 0 Å². The van der Waals surface area contributed by atoms with Crippen LogP contribution in [0.3, 0.4) is 0 Å². The Morgan fingerprint density at radius 3 is 1.50 bits per heavy atom. The quantitative estimate of drug-likeness (QED) is 0.428. The molecule has 0 aliphatic heterocycles. The summed E-state index contributed by atoms with van der Waals surface area (Å²) >= 11 is 2.21. The van der Waals surface area contributed by atoms with Gasteiger partial charge in [-0.15, -0.1) is 0 Å². The van der Waals surface area contributed by atoms with Crippen molar-refractivity contribution in [3.63, 3.8) is 0 Å². The molecular formula is C5H11Ti. The second-order valence-corrected chi connectivity index (χ2v) is 3.29. The maximum absolute atomic E-state index is 2.24. The molecule has 0 aromatic rings. The summed E-state index contributed by atoms with van der Waals surface area (Å²) in [4.78, 5) is 0. The Morgan fingerprint density at radius 2 is 1.50 bits per heavy atom. The van der Waals surface area contributed by atoms with Crippen LogP contribution >= 0.6 is 0 Å². The molecule has 0 aromatic heterocycles. The van der Waals surface area contributed by atoms with Gasteiger partial charge < -0.3 is 0 Å². The molecule has 0 unspecified atom stereocenters. The van der Waals surface area contributed by atoms with Crippen molar-refractivity contribution < 1.29 is 20.4 Å². The first-order valence-corrected chi connectivity index (χ1v) is 3.31. The third-order valence-electron chi connectivity index (χ3n) is 0.530. The van der Waals surface area contributed by atoms with Crippen LogP contribution in [0.15, 0.2) is 0 Å². The maximum atomic E-state index is 2.24. The van der Waals surface area contributed by atoms with Crippen LogP contribution in [0, 0.1) is 5.41 Å². The van der Waals surface area contributed by atoms with Crippen LogP contribution in [-0.2, 0) is 20.4 Å². The molecule has 0 aliphatic carbocycles. The molecule has 0 nitrogen and oxygen atoms in total. The molecule has 0 fully saturated rings. The molecule has 6 heavy (non-hydrogen) atoms. The van der Waals surface area contributed by atoms with Gasteiger partial charge in [0, 0.05) is 0 Å². The van der Waals surface area contributed by atoms with Gasteiger partial charge in [0.2, 0.25) is 0 Å². The van der Waals surface area contributed by atoms with Gasteiger partial charge >= 0.3 is 51.3 Å². The normalized spacial score (nSPS) is 11.7. The van der Waals surface area contributed by atoms with Crippen LogP contribution in [-0.4, -0.2) is 0 Å². The van der Waals surface area contributed by atoms with Crippen LogP contribution in [0.4, 0.5) is 0 Å². The van der Waals surface area contributed by atoms with Gasteiger partial charge in [-0.2, -0.15) is 0 Å². The molecule has 0 spiro atoms. The van der Waals surface area contributed by atoms with E-state index in [9.17, 15) is 0 Å². The molecule has 0 rings (SSSR count). The molecule has 0 saturated carbocycles. The summed E-state index contributed by atoms with van der Waals surface area (Å²) in [7, 11) is 0. The Labute approximate surface area is 51.7 Å². The SMILES string of the molecule is CC(C)(C)[CH2][Ti]. The van der Waals surface area contributed by atoms with E-state index in [4.69, 9.17) is 0 Å². The number of hydrogen-bond donors (Lipinski definition) is 0. The molecular weight excluding hydrogens is 108 g/mol. The van der Waals surface area contributed by atoms with E-state index in [1.165, 1.54) is 4.73 Å². The number of hydrogen-bond acceptors (Lipinski definition) is 0. The van der Waals surface area contributed by atoms with Gasteiger partial charge in [-0.25, -0.2) is 0 Å². The second-order valence-electron chi connectivity index (χ2n) is 2.74. The number of rotatable bonds is 0. The third-order valence-corrected chi connectivity index (χ3v) is 2.19.